The third kappa shape index (κ3) is 7.48. The van der Waals surface area contributed by atoms with Gasteiger partial charge in [-0.15, -0.1) is 10.2 Å². The normalized spacial score (nSPS) is 11.7. The van der Waals surface area contributed by atoms with Gasteiger partial charge in [0.25, 0.3) is 5.91 Å². The number of benzene rings is 2. The van der Waals surface area contributed by atoms with Gasteiger partial charge in [-0.1, -0.05) is 24.1 Å². The number of carboxylic acids is 1. The van der Waals surface area contributed by atoms with E-state index in [1.807, 2.05) is 19.1 Å². The van der Waals surface area contributed by atoms with Crippen molar-refractivity contribution in [2.24, 2.45) is 0 Å². The molecule has 3 heterocycles. The minimum absolute atomic E-state index is 0.000486. The van der Waals surface area contributed by atoms with Gasteiger partial charge < -0.3 is 26.6 Å². The Morgan fingerprint density at radius 3 is 2.58 bits per heavy atom. The highest BCUT2D eigenvalue weighted by atomic mass is 16.5. The van der Waals surface area contributed by atoms with E-state index in [2.05, 4.69) is 45.9 Å². The predicted molar refractivity (Wildman–Crippen MR) is 161 cm³/mol. The summed E-state index contributed by atoms with van der Waals surface area (Å²) in [5.74, 6) is -0.966. The number of tetrazole rings is 1. The zero-order valence-electron chi connectivity index (χ0n) is 24.1. The standard InChI is InChI=1S/C29H29N11O5/c1-15-6-11-19(20(12-15)25-37-39-40-38-25)22(41)5-3-2-4-21(28(43)44)34-27(42)16-7-9-18(10-8-16)45-14-17-13-32-26-23(33-17)24(30)35-29(31)36-26/h6-13,21H,2-5,14H2,1H3,(H,34,42)(H,43,44)(H,37,38,39,40)(H4,30,31,32,35,36)/t21-/m0/s1. The average Bonchev–Trinajstić information content (AvgIpc) is 3.56. The van der Waals surface area contributed by atoms with Crippen LogP contribution in [0.4, 0.5) is 11.8 Å². The average molecular weight is 612 g/mol. The van der Waals surface area contributed by atoms with Crippen molar-refractivity contribution in [3.63, 3.8) is 0 Å². The van der Waals surface area contributed by atoms with Gasteiger partial charge in [-0.05, 0) is 55.3 Å². The summed E-state index contributed by atoms with van der Waals surface area (Å²) in [4.78, 5) is 54.0. The first-order chi connectivity index (χ1) is 21.7. The summed E-state index contributed by atoms with van der Waals surface area (Å²) >= 11 is 0. The van der Waals surface area contributed by atoms with Crippen LogP contribution in [-0.4, -0.2) is 69.4 Å². The van der Waals surface area contributed by atoms with Crippen molar-refractivity contribution in [2.75, 3.05) is 11.5 Å². The predicted octanol–water partition coefficient (Wildman–Crippen LogP) is 2.28. The van der Waals surface area contributed by atoms with Crippen LogP contribution in [0.2, 0.25) is 0 Å². The molecule has 16 heteroatoms. The smallest absolute Gasteiger partial charge is 0.326 e. The maximum absolute atomic E-state index is 12.9. The fourth-order valence-corrected chi connectivity index (χ4v) is 4.54. The van der Waals surface area contributed by atoms with Gasteiger partial charge in [0.2, 0.25) is 11.8 Å². The lowest BCUT2D eigenvalue weighted by molar-refractivity contribution is -0.139. The second-order valence-corrected chi connectivity index (χ2v) is 10.1. The van der Waals surface area contributed by atoms with E-state index in [9.17, 15) is 19.5 Å². The lowest BCUT2D eigenvalue weighted by Gasteiger charge is -2.15. The number of aromatic nitrogens is 8. The van der Waals surface area contributed by atoms with E-state index < -0.39 is 17.9 Å². The fourth-order valence-electron chi connectivity index (χ4n) is 4.54. The number of nitrogen functional groups attached to an aromatic ring is 2. The number of ketones is 1. The molecule has 1 atom stereocenters. The van der Waals surface area contributed by atoms with Crippen LogP contribution in [0.3, 0.4) is 0 Å². The van der Waals surface area contributed by atoms with Crippen molar-refractivity contribution >= 4 is 40.6 Å². The third-order valence-corrected chi connectivity index (χ3v) is 6.82. The van der Waals surface area contributed by atoms with Gasteiger partial charge in [-0.25, -0.2) is 14.8 Å². The van der Waals surface area contributed by atoms with Gasteiger partial charge in [-0.2, -0.15) is 15.2 Å². The Kier molecular flexibility index (Phi) is 9.12. The number of carbonyl (C=O) groups is 3. The Balaban J connectivity index is 1.11. The summed E-state index contributed by atoms with van der Waals surface area (Å²) < 4.78 is 5.74. The number of fused-ring (bicyclic) bond motifs is 1. The Morgan fingerprint density at radius 2 is 1.84 bits per heavy atom. The summed E-state index contributed by atoms with van der Waals surface area (Å²) in [5.41, 5.74) is 14.7. The number of aromatic amines is 1. The molecule has 0 aliphatic carbocycles. The number of anilines is 2. The number of carbonyl (C=O) groups excluding carboxylic acids is 2. The number of nitrogens with two attached hydrogens (primary N) is 2. The van der Waals surface area contributed by atoms with Crippen molar-refractivity contribution in [1.82, 2.24) is 45.9 Å². The second kappa shape index (κ2) is 13.5. The monoisotopic (exact) mass is 611 g/mol. The summed E-state index contributed by atoms with van der Waals surface area (Å²) in [7, 11) is 0. The molecule has 0 spiro atoms. The van der Waals surface area contributed by atoms with Crippen LogP contribution in [-0.2, 0) is 11.4 Å². The van der Waals surface area contributed by atoms with Crippen LogP contribution in [0.25, 0.3) is 22.6 Å². The molecule has 2 aromatic carbocycles. The molecule has 7 N–H and O–H groups in total. The van der Waals surface area contributed by atoms with E-state index in [0.717, 1.165) is 5.56 Å². The van der Waals surface area contributed by atoms with Crippen molar-refractivity contribution in [1.29, 1.82) is 0 Å². The summed E-state index contributed by atoms with van der Waals surface area (Å²) in [6.45, 7) is 1.96. The molecule has 5 rings (SSSR count). The van der Waals surface area contributed by atoms with E-state index in [4.69, 9.17) is 16.2 Å². The van der Waals surface area contributed by atoms with Crippen LogP contribution in [0.1, 0.15) is 57.7 Å². The Labute approximate surface area is 255 Å². The molecule has 0 bridgehead atoms. The van der Waals surface area contributed by atoms with Crippen molar-refractivity contribution < 1.29 is 24.2 Å². The number of Topliss-reactive ketones (excluding diaryl/α,β-unsaturated/α-hetero) is 1. The molecule has 0 aliphatic heterocycles. The molecule has 0 aliphatic rings. The van der Waals surface area contributed by atoms with Crippen LogP contribution < -0.4 is 21.5 Å². The van der Waals surface area contributed by atoms with Crippen LogP contribution >= 0.6 is 0 Å². The Morgan fingerprint density at radius 1 is 1.04 bits per heavy atom. The SMILES string of the molecule is Cc1ccc(C(=O)CCCC[C@H](NC(=O)c2ccc(OCc3cnc4nc(N)nc(N)c4n3)cc2)C(=O)O)c(-c2nn[nH]n2)c1. The maximum atomic E-state index is 12.9. The van der Waals surface area contributed by atoms with Crippen molar-refractivity contribution in [3.8, 4) is 17.1 Å². The largest absolute Gasteiger partial charge is 0.487 e. The number of H-pyrrole nitrogens is 1. The molecule has 0 saturated carbocycles. The molecule has 1 amide bonds. The lowest BCUT2D eigenvalue weighted by atomic mass is 9.97. The zero-order chi connectivity index (χ0) is 31.9. The first kappa shape index (κ1) is 30.4. The topological polar surface area (TPSA) is 251 Å². The van der Waals surface area contributed by atoms with E-state index in [0.29, 0.717) is 46.8 Å². The number of hydrogen-bond acceptors (Lipinski definition) is 13. The number of unbranched alkanes of at least 4 members (excludes halogenated alkanes) is 1. The molecule has 0 fully saturated rings. The van der Waals surface area contributed by atoms with Gasteiger partial charge in [-0.3, -0.25) is 9.59 Å². The minimum Gasteiger partial charge on any atom is -0.487 e. The number of amides is 1. The number of carboxylic acid groups (broad SMARTS) is 1. The molecule has 0 saturated heterocycles. The van der Waals surface area contributed by atoms with Gasteiger partial charge in [0.1, 0.15) is 18.4 Å². The Hall–Kier alpha value is -6.06. The highest BCUT2D eigenvalue weighted by molar-refractivity contribution is 6.01. The molecule has 0 unspecified atom stereocenters. The molecule has 5 aromatic rings. The molecular weight excluding hydrogens is 582 g/mol. The number of aliphatic carboxylic acids is 1. The third-order valence-electron chi connectivity index (χ3n) is 6.82. The van der Waals surface area contributed by atoms with E-state index in [1.54, 1.807) is 18.2 Å². The molecule has 0 radical (unpaired) electrons. The van der Waals surface area contributed by atoms with Crippen molar-refractivity contribution in [2.45, 2.75) is 45.3 Å². The van der Waals surface area contributed by atoms with Crippen LogP contribution in [0.5, 0.6) is 5.75 Å². The van der Waals surface area contributed by atoms with Gasteiger partial charge in [0, 0.05) is 23.1 Å². The summed E-state index contributed by atoms with van der Waals surface area (Å²) in [6, 6.07) is 10.4. The lowest BCUT2D eigenvalue weighted by Crippen LogP contribution is -2.40. The number of nitrogens with one attached hydrogen (secondary N) is 2. The quantitative estimate of drug-likeness (QED) is 0.0946. The fraction of sp³-hybridized carbons (Fsp3) is 0.241. The number of ether oxygens (including phenoxy) is 1. The highest BCUT2D eigenvalue weighted by Gasteiger charge is 2.21. The zero-order valence-corrected chi connectivity index (χ0v) is 24.1. The first-order valence-corrected chi connectivity index (χ1v) is 13.9. The van der Waals surface area contributed by atoms with Gasteiger partial charge in [0.05, 0.1) is 11.9 Å². The first-order valence-electron chi connectivity index (χ1n) is 13.9. The molecular formula is C29H29N11O5. The maximum Gasteiger partial charge on any atom is 0.326 e. The van der Waals surface area contributed by atoms with E-state index in [1.165, 1.54) is 18.3 Å². The minimum atomic E-state index is -1.17. The number of hydrogen-bond donors (Lipinski definition) is 5. The highest BCUT2D eigenvalue weighted by Crippen LogP contribution is 2.23. The van der Waals surface area contributed by atoms with Crippen LogP contribution in [0, 0.1) is 6.92 Å². The second-order valence-electron chi connectivity index (χ2n) is 10.1. The molecule has 230 valence electrons. The van der Waals surface area contributed by atoms with Crippen LogP contribution in [0.15, 0.2) is 48.7 Å². The van der Waals surface area contributed by atoms with E-state index in [-0.39, 0.29) is 48.2 Å². The van der Waals surface area contributed by atoms with Gasteiger partial charge >= 0.3 is 5.97 Å². The molecule has 45 heavy (non-hydrogen) atoms. The van der Waals surface area contributed by atoms with Crippen molar-refractivity contribution in [3.05, 3.63) is 71.0 Å². The molecule has 16 nitrogen and oxygen atoms in total. The Bertz CT molecular complexity index is 1850. The number of rotatable bonds is 13. The van der Waals surface area contributed by atoms with E-state index >= 15 is 0 Å². The number of aryl methyl sites for hydroxylation is 1. The molecule has 3 aromatic heterocycles. The summed E-state index contributed by atoms with van der Waals surface area (Å²) in [6.07, 6.45) is 2.65. The number of nitrogens with zero attached hydrogens (tertiary/aromatic N) is 7. The summed E-state index contributed by atoms with van der Waals surface area (Å²) in [5, 5.41) is 26.1. The van der Waals surface area contributed by atoms with Gasteiger partial charge in [0.15, 0.2) is 22.8 Å².